The van der Waals surface area contributed by atoms with Crippen LogP contribution in [0.15, 0.2) is 157 Å². The first-order valence-corrected chi connectivity index (χ1v) is 19.2. The molecule has 2 aliphatic rings. The fourth-order valence-electron chi connectivity index (χ4n) is 9.17. The molecule has 0 fully saturated rings. The Kier molecular flexibility index (Phi) is 7.51. The zero-order valence-electron chi connectivity index (χ0n) is 31.4. The van der Waals surface area contributed by atoms with Crippen LogP contribution < -0.4 is 9.13 Å². The molecule has 4 heteroatoms. The van der Waals surface area contributed by atoms with Gasteiger partial charge in [0.2, 0.25) is 23.1 Å². The van der Waals surface area contributed by atoms with Crippen molar-refractivity contribution in [2.75, 3.05) is 0 Å². The fourth-order valence-corrected chi connectivity index (χ4v) is 9.17. The van der Waals surface area contributed by atoms with E-state index < -0.39 is 0 Å². The van der Waals surface area contributed by atoms with Crippen LogP contribution >= 0.6 is 0 Å². The molecule has 3 aromatic heterocycles. The Balaban J connectivity index is 1.19. The second-order valence-electron chi connectivity index (χ2n) is 16.1. The number of rotatable bonds is 2. The van der Waals surface area contributed by atoms with Crippen molar-refractivity contribution in [3.8, 4) is 50.8 Å². The van der Waals surface area contributed by atoms with Gasteiger partial charge in [-0.05, 0) is 83.0 Å². The molecule has 0 aliphatic carbocycles. The third kappa shape index (κ3) is 5.18. The van der Waals surface area contributed by atoms with Crippen LogP contribution in [0.3, 0.4) is 0 Å². The molecule has 2 unspecified atom stereocenters. The van der Waals surface area contributed by atoms with E-state index in [1.54, 1.807) is 0 Å². The van der Waals surface area contributed by atoms with E-state index >= 15 is 0 Å². The van der Waals surface area contributed by atoms with Crippen molar-refractivity contribution >= 4 is 27.6 Å². The summed E-state index contributed by atoms with van der Waals surface area (Å²) < 4.78 is 11.9. The van der Waals surface area contributed by atoms with Crippen LogP contribution in [0.5, 0.6) is 0 Å². The Morgan fingerprint density at radius 2 is 1.38 bits per heavy atom. The van der Waals surface area contributed by atoms with E-state index in [0.717, 1.165) is 74.0 Å². The van der Waals surface area contributed by atoms with E-state index in [0.29, 0.717) is 5.56 Å². The van der Waals surface area contributed by atoms with E-state index in [2.05, 4.69) is 164 Å². The number of fused-ring (bicyclic) bond motifs is 13. The SMILES string of the molecule is C=C1C2C(CCc3ccc4c(oc5c(-c6ccc(-c7ccccc7)cc6)c(C#N)ccc54)c3-c3cccc[n+]31)c1ccccc1-c1ccc(C(C)(C)C)c[n+]12. The van der Waals surface area contributed by atoms with Crippen LogP contribution in [-0.4, -0.2) is 0 Å². The molecule has 0 N–H and O–H groups in total. The van der Waals surface area contributed by atoms with Crippen LogP contribution in [0.1, 0.15) is 61.4 Å². The summed E-state index contributed by atoms with van der Waals surface area (Å²) in [6.07, 6.45) is 6.34. The Morgan fingerprint density at radius 3 is 2.16 bits per heavy atom. The molecule has 0 saturated carbocycles. The average molecular weight is 712 g/mol. The molecular formula is C51H41N3O+2. The molecule has 55 heavy (non-hydrogen) atoms. The topological polar surface area (TPSA) is 44.7 Å². The minimum absolute atomic E-state index is 0.00229. The van der Waals surface area contributed by atoms with Crippen molar-refractivity contribution in [3.63, 3.8) is 0 Å². The molecule has 10 rings (SSSR count). The van der Waals surface area contributed by atoms with Gasteiger partial charge in [-0.15, -0.1) is 0 Å². The van der Waals surface area contributed by atoms with Gasteiger partial charge < -0.3 is 4.42 Å². The summed E-state index contributed by atoms with van der Waals surface area (Å²) in [5.41, 5.74) is 15.8. The van der Waals surface area contributed by atoms with E-state index in [9.17, 15) is 5.26 Å². The van der Waals surface area contributed by atoms with Gasteiger partial charge in [-0.1, -0.05) is 106 Å². The van der Waals surface area contributed by atoms with Crippen molar-refractivity contribution in [2.45, 2.75) is 51.0 Å². The van der Waals surface area contributed by atoms with Gasteiger partial charge in [0.25, 0.3) is 0 Å². The number of aromatic nitrogens is 2. The van der Waals surface area contributed by atoms with Gasteiger partial charge in [0, 0.05) is 45.7 Å². The lowest BCUT2D eigenvalue weighted by molar-refractivity contribution is -0.727. The number of aryl methyl sites for hydroxylation is 1. The highest BCUT2D eigenvalue weighted by molar-refractivity contribution is 6.14. The van der Waals surface area contributed by atoms with Gasteiger partial charge in [0.15, 0.2) is 12.4 Å². The number of allylic oxidation sites excluding steroid dienone is 1. The highest BCUT2D eigenvalue weighted by atomic mass is 16.3. The monoisotopic (exact) mass is 711 g/mol. The van der Waals surface area contributed by atoms with Crippen molar-refractivity contribution in [1.82, 2.24) is 0 Å². The molecule has 5 heterocycles. The number of pyridine rings is 2. The normalized spacial score (nSPS) is 16.1. The van der Waals surface area contributed by atoms with Crippen LogP contribution in [0.2, 0.25) is 0 Å². The minimum Gasteiger partial charge on any atom is -0.454 e. The first-order chi connectivity index (χ1) is 26.8. The maximum absolute atomic E-state index is 10.4. The zero-order valence-corrected chi connectivity index (χ0v) is 31.4. The molecule has 0 radical (unpaired) electrons. The fraction of sp³-hybridized carbons (Fsp3) is 0.157. The molecule has 2 aliphatic heterocycles. The standard InChI is InChI=1S/C51H41N3O/c1-32-48-41(39-14-8-9-15-40(39)44-28-24-38(31-54(44)48)51(2,3)4)25-21-36-22-26-43-42-27-23-37(30-52)46(35-19-17-34(18-20-35)33-12-6-5-7-13-33)49(42)55-50(43)47(36)45-16-10-11-29-53(32)45/h5-20,22-24,26-29,31,41,48H,1,21,25H2,2-4H3/q+2. The van der Waals surface area contributed by atoms with Crippen LogP contribution in [-0.2, 0) is 11.8 Å². The number of hydrogen-bond donors (Lipinski definition) is 0. The van der Waals surface area contributed by atoms with E-state index in [4.69, 9.17) is 11.0 Å². The van der Waals surface area contributed by atoms with Crippen molar-refractivity contribution in [2.24, 2.45) is 0 Å². The van der Waals surface area contributed by atoms with Crippen LogP contribution in [0.4, 0.5) is 0 Å². The predicted octanol–water partition coefficient (Wildman–Crippen LogP) is 11.8. The minimum atomic E-state index is -0.00326. The summed E-state index contributed by atoms with van der Waals surface area (Å²) in [6.45, 7) is 11.8. The number of benzene rings is 5. The summed E-state index contributed by atoms with van der Waals surface area (Å²) >= 11 is 0. The van der Waals surface area contributed by atoms with E-state index in [1.165, 1.54) is 27.9 Å². The molecule has 4 nitrogen and oxygen atoms in total. The number of nitriles is 1. The smallest absolute Gasteiger partial charge is 0.249 e. The molecule has 8 aromatic rings. The Hall–Kier alpha value is -6.57. The van der Waals surface area contributed by atoms with Gasteiger partial charge in [-0.25, -0.2) is 0 Å². The van der Waals surface area contributed by atoms with Crippen molar-refractivity contribution < 1.29 is 13.6 Å². The molecule has 0 saturated heterocycles. The number of hydrogen-bond acceptors (Lipinski definition) is 2. The number of nitrogens with zero attached hydrogens (tertiary/aromatic N) is 3. The number of furan rings is 1. The Labute approximate surface area is 321 Å². The maximum atomic E-state index is 10.4. The van der Waals surface area contributed by atoms with E-state index in [1.807, 2.05) is 18.2 Å². The largest absolute Gasteiger partial charge is 0.454 e. The summed E-state index contributed by atoms with van der Waals surface area (Å²) in [4.78, 5) is 0. The molecular weight excluding hydrogens is 671 g/mol. The van der Waals surface area contributed by atoms with Crippen molar-refractivity contribution in [1.29, 1.82) is 5.26 Å². The third-order valence-corrected chi connectivity index (χ3v) is 11.9. The average Bonchev–Trinajstić information content (AvgIpc) is 3.62. The van der Waals surface area contributed by atoms with Gasteiger partial charge in [0.1, 0.15) is 11.2 Å². The summed E-state index contributed by atoms with van der Waals surface area (Å²) in [5, 5.41) is 12.4. The maximum Gasteiger partial charge on any atom is 0.249 e. The zero-order chi connectivity index (χ0) is 37.4. The van der Waals surface area contributed by atoms with Crippen LogP contribution in [0.25, 0.3) is 72.4 Å². The van der Waals surface area contributed by atoms with E-state index in [-0.39, 0.29) is 17.4 Å². The highest BCUT2D eigenvalue weighted by Crippen LogP contribution is 2.47. The quantitative estimate of drug-likeness (QED) is 0.168. The lowest BCUT2D eigenvalue weighted by Gasteiger charge is -2.30. The predicted molar refractivity (Wildman–Crippen MR) is 221 cm³/mol. The lowest BCUT2D eigenvalue weighted by atomic mass is 9.78. The second kappa shape index (κ2) is 12.5. The second-order valence-corrected chi connectivity index (χ2v) is 16.1. The van der Waals surface area contributed by atoms with Crippen molar-refractivity contribution in [3.05, 3.63) is 175 Å². The van der Waals surface area contributed by atoms with Gasteiger partial charge in [-0.2, -0.15) is 14.4 Å². The molecule has 2 atom stereocenters. The van der Waals surface area contributed by atoms with Gasteiger partial charge >= 0.3 is 0 Å². The molecule has 0 spiro atoms. The summed E-state index contributed by atoms with van der Waals surface area (Å²) in [7, 11) is 0. The first kappa shape index (κ1) is 33.0. The molecule has 0 amide bonds. The Bertz CT molecular complexity index is 2890. The van der Waals surface area contributed by atoms with Crippen LogP contribution in [0, 0.1) is 11.3 Å². The summed E-state index contributed by atoms with van der Waals surface area (Å²) in [6, 6.07) is 49.8. The molecule has 0 bridgehead atoms. The third-order valence-electron chi connectivity index (χ3n) is 11.9. The lowest BCUT2D eigenvalue weighted by Crippen LogP contribution is -2.53. The highest BCUT2D eigenvalue weighted by Gasteiger charge is 2.47. The molecule has 264 valence electrons. The van der Waals surface area contributed by atoms with Gasteiger partial charge in [0.05, 0.1) is 23.1 Å². The molecule has 5 aromatic carbocycles. The Morgan fingerprint density at radius 1 is 0.691 bits per heavy atom. The first-order valence-electron chi connectivity index (χ1n) is 19.2. The summed E-state index contributed by atoms with van der Waals surface area (Å²) in [5.74, 6) is 0.206. The van der Waals surface area contributed by atoms with Gasteiger partial charge in [-0.3, -0.25) is 0 Å².